The Morgan fingerprint density at radius 2 is 2.24 bits per heavy atom. The van der Waals surface area contributed by atoms with Crippen molar-refractivity contribution in [3.8, 4) is 0 Å². The predicted octanol–water partition coefficient (Wildman–Crippen LogP) is 3.54. The molecule has 1 atom stereocenters. The Labute approximate surface area is 116 Å². The molecule has 2 rings (SSSR count). The van der Waals surface area contributed by atoms with Crippen LogP contribution in [0, 0.1) is 5.92 Å². The van der Waals surface area contributed by atoms with Crippen LogP contribution >= 0.6 is 27.5 Å². The SMILES string of the molecule is CC(C)C1CNCCN1c1ccc(Cl)cc1Br. The van der Waals surface area contributed by atoms with Gasteiger partial charge in [-0.3, -0.25) is 0 Å². The molecule has 0 radical (unpaired) electrons. The average molecular weight is 318 g/mol. The number of rotatable bonds is 2. The first-order chi connectivity index (χ1) is 8.09. The van der Waals surface area contributed by atoms with Gasteiger partial charge in [0.2, 0.25) is 0 Å². The lowest BCUT2D eigenvalue weighted by atomic mass is 10.00. The van der Waals surface area contributed by atoms with Gasteiger partial charge < -0.3 is 10.2 Å². The van der Waals surface area contributed by atoms with E-state index in [0.717, 1.165) is 29.1 Å². The monoisotopic (exact) mass is 316 g/mol. The molecule has 0 aliphatic carbocycles. The molecule has 94 valence electrons. The topological polar surface area (TPSA) is 15.3 Å². The van der Waals surface area contributed by atoms with Gasteiger partial charge in [-0.25, -0.2) is 0 Å². The molecule has 1 unspecified atom stereocenters. The summed E-state index contributed by atoms with van der Waals surface area (Å²) in [6.07, 6.45) is 0. The van der Waals surface area contributed by atoms with Gasteiger partial charge in [0.15, 0.2) is 0 Å². The first kappa shape index (κ1) is 13.2. The van der Waals surface area contributed by atoms with Crippen molar-refractivity contribution in [3.05, 3.63) is 27.7 Å². The molecule has 0 bridgehead atoms. The van der Waals surface area contributed by atoms with E-state index in [1.165, 1.54) is 5.69 Å². The zero-order chi connectivity index (χ0) is 12.4. The predicted molar refractivity (Wildman–Crippen MR) is 78.0 cm³/mol. The quantitative estimate of drug-likeness (QED) is 0.897. The fourth-order valence-corrected chi connectivity index (χ4v) is 3.24. The molecule has 0 spiro atoms. The highest BCUT2D eigenvalue weighted by Crippen LogP contribution is 2.32. The molecule has 1 fully saturated rings. The van der Waals surface area contributed by atoms with E-state index in [4.69, 9.17) is 11.6 Å². The van der Waals surface area contributed by atoms with E-state index in [1.807, 2.05) is 12.1 Å². The molecule has 1 aliphatic rings. The number of anilines is 1. The summed E-state index contributed by atoms with van der Waals surface area (Å²) in [6.45, 7) is 7.68. The maximum Gasteiger partial charge on any atom is 0.0515 e. The minimum Gasteiger partial charge on any atom is -0.365 e. The van der Waals surface area contributed by atoms with Crippen molar-refractivity contribution in [1.82, 2.24) is 5.32 Å². The molecule has 2 nitrogen and oxygen atoms in total. The zero-order valence-electron chi connectivity index (χ0n) is 10.2. The van der Waals surface area contributed by atoms with Crippen LogP contribution in [0.2, 0.25) is 5.02 Å². The Balaban J connectivity index is 2.29. The maximum absolute atomic E-state index is 5.99. The van der Waals surface area contributed by atoms with Crippen LogP contribution < -0.4 is 10.2 Å². The molecule has 1 N–H and O–H groups in total. The third-order valence-electron chi connectivity index (χ3n) is 3.27. The van der Waals surface area contributed by atoms with Crippen LogP contribution in [0.25, 0.3) is 0 Å². The smallest absolute Gasteiger partial charge is 0.0515 e. The highest BCUT2D eigenvalue weighted by molar-refractivity contribution is 9.10. The molecule has 0 amide bonds. The van der Waals surface area contributed by atoms with Crippen molar-refractivity contribution < 1.29 is 0 Å². The number of benzene rings is 1. The average Bonchev–Trinajstić information content (AvgIpc) is 2.29. The summed E-state index contributed by atoms with van der Waals surface area (Å²) in [5.74, 6) is 0.630. The van der Waals surface area contributed by atoms with Crippen LogP contribution in [0.1, 0.15) is 13.8 Å². The van der Waals surface area contributed by atoms with Crippen LogP contribution in [0.15, 0.2) is 22.7 Å². The zero-order valence-corrected chi connectivity index (χ0v) is 12.6. The number of nitrogens with one attached hydrogen (secondary N) is 1. The van der Waals surface area contributed by atoms with Gasteiger partial charge in [-0.05, 0) is 40.0 Å². The largest absolute Gasteiger partial charge is 0.365 e. The van der Waals surface area contributed by atoms with Crippen molar-refractivity contribution >= 4 is 33.2 Å². The fourth-order valence-electron chi connectivity index (χ4n) is 2.33. The second-order valence-corrected chi connectivity index (χ2v) is 6.10. The van der Waals surface area contributed by atoms with Gasteiger partial charge in [0.1, 0.15) is 0 Å². The standard InChI is InChI=1S/C13H18BrClN2/c1-9(2)13-8-16-5-6-17(13)12-4-3-10(15)7-11(12)14/h3-4,7,9,13,16H,5-6,8H2,1-2H3. The van der Waals surface area contributed by atoms with Gasteiger partial charge in [-0.15, -0.1) is 0 Å². The summed E-state index contributed by atoms with van der Waals surface area (Å²) in [5.41, 5.74) is 1.25. The highest BCUT2D eigenvalue weighted by Gasteiger charge is 2.26. The number of halogens is 2. The molecule has 1 saturated heterocycles. The molecule has 17 heavy (non-hydrogen) atoms. The number of hydrogen-bond acceptors (Lipinski definition) is 2. The van der Waals surface area contributed by atoms with E-state index in [-0.39, 0.29) is 0 Å². The molecule has 0 saturated carbocycles. The number of hydrogen-bond donors (Lipinski definition) is 1. The van der Waals surface area contributed by atoms with Gasteiger partial charge in [0, 0.05) is 35.2 Å². The molecule has 1 aromatic carbocycles. The summed E-state index contributed by atoms with van der Waals surface area (Å²) in [4.78, 5) is 2.47. The van der Waals surface area contributed by atoms with E-state index in [9.17, 15) is 0 Å². The Bertz CT molecular complexity index is 395. The third-order valence-corrected chi connectivity index (χ3v) is 4.14. The highest BCUT2D eigenvalue weighted by atomic mass is 79.9. The second kappa shape index (κ2) is 5.59. The Morgan fingerprint density at radius 1 is 1.47 bits per heavy atom. The normalized spacial score (nSPS) is 21.0. The maximum atomic E-state index is 5.99. The summed E-state index contributed by atoms with van der Waals surface area (Å²) in [7, 11) is 0. The Morgan fingerprint density at radius 3 is 2.88 bits per heavy atom. The molecule has 1 aromatic rings. The lowest BCUT2D eigenvalue weighted by Gasteiger charge is -2.40. The second-order valence-electron chi connectivity index (χ2n) is 4.80. The van der Waals surface area contributed by atoms with Crippen LogP contribution in [-0.2, 0) is 0 Å². The molecule has 4 heteroatoms. The van der Waals surface area contributed by atoms with Crippen molar-refractivity contribution in [2.45, 2.75) is 19.9 Å². The van der Waals surface area contributed by atoms with Crippen molar-refractivity contribution in [1.29, 1.82) is 0 Å². The lowest BCUT2D eigenvalue weighted by Crippen LogP contribution is -2.53. The van der Waals surface area contributed by atoms with Crippen molar-refractivity contribution in [2.75, 3.05) is 24.5 Å². The molecule has 1 heterocycles. The minimum absolute atomic E-state index is 0.543. The third kappa shape index (κ3) is 2.95. The van der Waals surface area contributed by atoms with Gasteiger partial charge in [0.25, 0.3) is 0 Å². The first-order valence-corrected chi connectivity index (χ1v) is 7.19. The van der Waals surface area contributed by atoms with Crippen LogP contribution in [0.5, 0.6) is 0 Å². The van der Waals surface area contributed by atoms with Crippen LogP contribution in [0.3, 0.4) is 0 Å². The molecule has 0 aromatic heterocycles. The summed E-state index contributed by atoms with van der Waals surface area (Å²) in [6, 6.07) is 6.58. The van der Waals surface area contributed by atoms with Gasteiger partial charge in [-0.1, -0.05) is 25.4 Å². The fraction of sp³-hybridized carbons (Fsp3) is 0.538. The van der Waals surface area contributed by atoms with E-state index in [2.05, 4.69) is 46.1 Å². The van der Waals surface area contributed by atoms with E-state index >= 15 is 0 Å². The van der Waals surface area contributed by atoms with Crippen LogP contribution in [-0.4, -0.2) is 25.7 Å². The minimum atomic E-state index is 0.543. The Hall–Kier alpha value is -0.250. The lowest BCUT2D eigenvalue weighted by molar-refractivity contribution is 0.390. The first-order valence-electron chi connectivity index (χ1n) is 6.02. The van der Waals surface area contributed by atoms with Crippen LogP contribution in [0.4, 0.5) is 5.69 Å². The van der Waals surface area contributed by atoms with Gasteiger partial charge in [-0.2, -0.15) is 0 Å². The molecular weight excluding hydrogens is 300 g/mol. The summed E-state index contributed by atoms with van der Waals surface area (Å²) in [5, 5.41) is 4.24. The Kier molecular flexibility index (Phi) is 4.34. The van der Waals surface area contributed by atoms with E-state index in [0.29, 0.717) is 12.0 Å². The van der Waals surface area contributed by atoms with Crippen molar-refractivity contribution in [3.63, 3.8) is 0 Å². The van der Waals surface area contributed by atoms with E-state index in [1.54, 1.807) is 0 Å². The number of piperazine rings is 1. The van der Waals surface area contributed by atoms with E-state index < -0.39 is 0 Å². The molecular formula is C13H18BrClN2. The summed E-state index contributed by atoms with van der Waals surface area (Å²) < 4.78 is 1.08. The molecule has 1 aliphatic heterocycles. The van der Waals surface area contributed by atoms with Gasteiger partial charge >= 0.3 is 0 Å². The van der Waals surface area contributed by atoms with Crippen molar-refractivity contribution in [2.24, 2.45) is 5.92 Å². The van der Waals surface area contributed by atoms with Gasteiger partial charge in [0.05, 0.1) is 5.69 Å². The summed E-state index contributed by atoms with van der Waals surface area (Å²) >= 11 is 9.61. The number of nitrogens with zero attached hydrogens (tertiary/aromatic N) is 1.